The summed E-state index contributed by atoms with van der Waals surface area (Å²) in [4.78, 5) is 11.0. The molecule has 2 rings (SSSR count). The molecule has 0 aromatic heterocycles. The number of nitrogens with two attached hydrogens (primary N) is 1. The van der Waals surface area contributed by atoms with Crippen LogP contribution in [0, 0.1) is 5.92 Å². The largest absolute Gasteiger partial charge is 0.492 e. The van der Waals surface area contributed by atoms with Gasteiger partial charge in [-0.1, -0.05) is 17.7 Å². The highest BCUT2D eigenvalue weighted by Gasteiger charge is 2.23. The number of rotatable bonds is 6. The number of benzene rings is 1. The van der Waals surface area contributed by atoms with Crippen LogP contribution >= 0.6 is 11.6 Å². The van der Waals surface area contributed by atoms with Gasteiger partial charge >= 0.3 is 5.97 Å². The van der Waals surface area contributed by atoms with Crippen molar-refractivity contribution in [3.63, 3.8) is 0 Å². The van der Waals surface area contributed by atoms with E-state index in [4.69, 9.17) is 27.2 Å². The number of carbonyl (C=O) groups is 1. The zero-order chi connectivity index (χ0) is 13.1. The van der Waals surface area contributed by atoms with Crippen LogP contribution < -0.4 is 10.5 Å². The lowest BCUT2D eigenvalue weighted by Crippen LogP contribution is -2.21. The summed E-state index contributed by atoms with van der Waals surface area (Å²) in [5.74, 6) is -0.412. The van der Waals surface area contributed by atoms with E-state index >= 15 is 0 Å². The summed E-state index contributed by atoms with van der Waals surface area (Å²) in [5.41, 5.74) is 6.05. The molecule has 1 aliphatic carbocycles. The minimum atomic E-state index is -0.944. The van der Waals surface area contributed by atoms with Crippen molar-refractivity contribution >= 4 is 17.6 Å². The van der Waals surface area contributed by atoms with Gasteiger partial charge in [-0.15, -0.1) is 0 Å². The first-order valence-corrected chi connectivity index (χ1v) is 6.34. The number of carboxylic acids is 1. The molecule has 0 amide bonds. The standard InChI is InChI=1S/C13H16ClNO3/c14-11-5-9(10(6-15)13(16)17)3-4-12(11)18-7-8-1-2-8/h3-5,8,10H,1-2,6-7,15H2,(H,16,17). The Bertz CT molecular complexity index is 446. The molecule has 1 aromatic carbocycles. The molecule has 0 spiro atoms. The van der Waals surface area contributed by atoms with Gasteiger partial charge in [0.15, 0.2) is 0 Å². The van der Waals surface area contributed by atoms with Crippen LogP contribution in [0.25, 0.3) is 0 Å². The molecule has 0 aliphatic heterocycles. The van der Waals surface area contributed by atoms with Gasteiger partial charge in [-0.2, -0.15) is 0 Å². The van der Waals surface area contributed by atoms with Crippen molar-refractivity contribution < 1.29 is 14.6 Å². The van der Waals surface area contributed by atoms with Crippen LogP contribution in [0.4, 0.5) is 0 Å². The van der Waals surface area contributed by atoms with E-state index in [2.05, 4.69) is 0 Å². The molecule has 1 aliphatic rings. The van der Waals surface area contributed by atoms with Crippen LogP contribution in [-0.4, -0.2) is 24.2 Å². The molecule has 0 heterocycles. The molecule has 98 valence electrons. The van der Waals surface area contributed by atoms with Gasteiger partial charge in [0, 0.05) is 6.54 Å². The van der Waals surface area contributed by atoms with E-state index in [-0.39, 0.29) is 6.54 Å². The summed E-state index contributed by atoms with van der Waals surface area (Å²) in [7, 11) is 0. The number of aliphatic carboxylic acids is 1. The van der Waals surface area contributed by atoms with E-state index in [0.29, 0.717) is 28.9 Å². The highest BCUT2D eigenvalue weighted by Crippen LogP contribution is 2.33. The third-order valence-corrected chi connectivity index (χ3v) is 3.36. The number of halogens is 1. The van der Waals surface area contributed by atoms with Crippen LogP contribution in [0.2, 0.25) is 5.02 Å². The van der Waals surface area contributed by atoms with Crippen molar-refractivity contribution in [1.29, 1.82) is 0 Å². The first-order valence-electron chi connectivity index (χ1n) is 5.97. The minimum Gasteiger partial charge on any atom is -0.492 e. The molecule has 1 saturated carbocycles. The maximum Gasteiger partial charge on any atom is 0.312 e. The van der Waals surface area contributed by atoms with Gasteiger partial charge in [-0.3, -0.25) is 4.79 Å². The van der Waals surface area contributed by atoms with Crippen LogP contribution in [0.15, 0.2) is 18.2 Å². The molecule has 3 N–H and O–H groups in total. The van der Waals surface area contributed by atoms with Crippen LogP contribution in [0.5, 0.6) is 5.75 Å². The van der Waals surface area contributed by atoms with Crippen molar-refractivity contribution in [2.45, 2.75) is 18.8 Å². The fraction of sp³-hybridized carbons (Fsp3) is 0.462. The molecule has 1 aromatic rings. The number of carboxylic acid groups (broad SMARTS) is 1. The molecule has 4 nitrogen and oxygen atoms in total. The fourth-order valence-corrected chi connectivity index (χ4v) is 1.97. The molecule has 1 unspecified atom stereocenters. The Balaban J connectivity index is 2.09. The quantitative estimate of drug-likeness (QED) is 0.831. The van der Waals surface area contributed by atoms with Crippen molar-refractivity contribution in [3.8, 4) is 5.75 Å². The minimum absolute atomic E-state index is 0.0495. The Hall–Kier alpha value is -1.26. The third-order valence-electron chi connectivity index (χ3n) is 3.06. The smallest absolute Gasteiger partial charge is 0.312 e. The molecular formula is C13H16ClNO3. The lowest BCUT2D eigenvalue weighted by molar-refractivity contribution is -0.138. The Labute approximate surface area is 111 Å². The first-order chi connectivity index (χ1) is 8.61. The molecule has 0 bridgehead atoms. The van der Waals surface area contributed by atoms with E-state index in [0.717, 1.165) is 0 Å². The Morgan fingerprint density at radius 3 is 2.78 bits per heavy atom. The van der Waals surface area contributed by atoms with Gasteiger partial charge in [0.2, 0.25) is 0 Å². The van der Waals surface area contributed by atoms with Crippen molar-refractivity contribution in [1.82, 2.24) is 0 Å². The third kappa shape index (κ3) is 3.15. The molecule has 0 radical (unpaired) electrons. The highest BCUT2D eigenvalue weighted by atomic mass is 35.5. The van der Waals surface area contributed by atoms with E-state index in [1.165, 1.54) is 12.8 Å². The Kier molecular flexibility index (Phi) is 4.09. The summed E-state index contributed by atoms with van der Waals surface area (Å²) in [5, 5.41) is 9.45. The van der Waals surface area contributed by atoms with Crippen LogP contribution in [0.3, 0.4) is 0 Å². The van der Waals surface area contributed by atoms with Gasteiger partial charge in [0.1, 0.15) is 5.75 Å². The molecule has 18 heavy (non-hydrogen) atoms. The Morgan fingerprint density at radius 2 is 2.28 bits per heavy atom. The molecule has 1 fully saturated rings. The highest BCUT2D eigenvalue weighted by molar-refractivity contribution is 6.32. The number of hydrogen-bond donors (Lipinski definition) is 2. The molecular weight excluding hydrogens is 254 g/mol. The first kappa shape index (κ1) is 13.2. The molecule has 0 saturated heterocycles. The SMILES string of the molecule is NCC(C(=O)O)c1ccc(OCC2CC2)c(Cl)c1. The van der Waals surface area contributed by atoms with Gasteiger partial charge in [-0.05, 0) is 36.5 Å². The predicted octanol–water partition coefficient (Wildman–Crippen LogP) is 2.26. The second-order valence-corrected chi connectivity index (χ2v) is 4.98. The zero-order valence-electron chi connectivity index (χ0n) is 9.93. The summed E-state index contributed by atoms with van der Waals surface area (Å²) in [6.45, 7) is 0.728. The van der Waals surface area contributed by atoms with Gasteiger partial charge < -0.3 is 15.6 Å². The van der Waals surface area contributed by atoms with E-state index in [9.17, 15) is 4.79 Å². The van der Waals surface area contributed by atoms with Gasteiger partial charge in [0.25, 0.3) is 0 Å². The summed E-state index contributed by atoms with van der Waals surface area (Å²) in [6, 6.07) is 5.04. The van der Waals surface area contributed by atoms with E-state index < -0.39 is 11.9 Å². The lowest BCUT2D eigenvalue weighted by Gasteiger charge is -2.13. The van der Waals surface area contributed by atoms with Gasteiger partial charge in [0.05, 0.1) is 17.5 Å². The normalized spacial score (nSPS) is 16.3. The zero-order valence-corrected chi connectivity index (χ0v) is 10.7. The maximum atomic E-state index is 11.0. The van der Waals surface area contributed by atoms with Crippen LogP contribution in [-0.2, 0) is 4.79 Å². The molecule has 5 heteroatoms. The summed E-state index contributed by atoms with van der Waals surface area (Å²) >= 11 is 6.08. The lowest BCUT2D eigenvalue weighted by atomic mass is 9.99. The Morgan fingerprint density at radius 1 is 1.56 bits per heavy atom. The average Bonchev–Trinajstić information content (AvgIpc) is 3.12. The second kappa shape index (κ2) is 5.59. The second-order valence-electron chi connectivity index (χ2n) is 4.57. The maximum absolute atomic E-state index is 11.0. The fourth-order valence-electron chi connectivity index (χ4n) is 1.72. The van der Waals surface area contributed by atoms with E-state index in [1.54, 1.807) is 18.2 Å². The van der Waals surface area contributed by atoms with Crippen molar-refractivity contribution in [2.75, 3.05) is 13.2 Å². The topological polar surface area (TPSA) is 72.6 Å². The van der Waals surface area contributed by atoms with Crippen molar-refractivity contribution in [2.24, 2.45) is 11.7 Å². The van der Waals surface area contributed by atoms with E-state index in [1.807, 2.05) is 0 Å². The number of hydrogen-bond acceptors (Lipinski definition) is 3. The monoisotopic (exact) mass is 269 g/mol. The average molecular weight is 270 g/mol. The van der Waals surface area contributed by atoms with Crippen molar-refractivity contribution in [3.05, 3.63) is 28.8 Å². The molecule has 1 atom stereocenters. The van der Waals surface area contributed by atoms with Gasteiger partial charge in [-0.25, -0.2) is 0 Å². The van der Waals surface area contributed by atoms with Crippen LogP contribution in [0.1, 0.15) is 24.3 Å². The summed E-state index contributed by atoms with van der Waals surface area (Å²) < 4.78 is 5.58. The predicted molar refractivity (Wildman–Crippen MR) is 69.1 cm³/mol. The summed E-state index contributed by atoms with van der Waals surface area (Å²) in [6.07, 6.45) is 2.42. The number of ether oxygens (including phenoxy) is 1.